The first-order valence-electron chi connectivity index (χ1n) is 23.8. The van der Waals surface area contributed by atoms with Gasteiger partial charge in [-0.25, -0.2) is 0 Å². The molecule has 6 nitrogen and oxygen atoms in total. The predicted molar refractivity (Wildman–Crippen MR) is 229 cm³/mol. The van der Waals surface area contributed by atoms with Crippen molar-refractivity contribution in [2.45, 2.75) is 265 Å². The molecule has 0 N–H and O–H groups in total. The second-order valence-corrected chi connectivity index (χ2v) is 17.1. The Morgan fingerprint density at radius 3 is 1.06 bits per heavy atom. The summed E-state index contributed by atoms with van der Waals surface area (Å²) in [5.41, 5.74) is 0. The lowest BCUT2D eigenvalue weighted by Crippen LogP contribution is -2.30. The third kappa shape index (κ3) is 40.1. The molecule has 0 radical (unpaired) electrons. The highest BCUT2D eigenvalue weighted by Gasteiger charge is 2.19. The minimum Gasteiger partial charge on any atom is -0.462 e. The molecule has 0 aromatic carbocycles. The maximum absolute atomic E-state index is 12.7. The Kier molecular flexibility index (Phi) is 39.8. The summed E-state index contributed by atoms with van der Waals surface area (Å²) < 4.78 is 16.7. The predicted octanol–water partition coefficient (Wildman–Crippen LogP) is 15.0. The number of hydrogen-bond acceptors (Lipinski definition) is 6. The molecule has 0 aromatic heterocycles. The fourth-order valence-corrected chi connectivity index (χ4v) is 7.07. The largest absolute Gasteiger partial charge is 0.462 e. The standard InChI is InChI=1S/C48H92O6/c1-6-8-9-10-11-18-23-30-35-40-48(51)54-45(42-53-47(50)39-34-29-25-24-27-32-37-44(5)7-2)41-52-46(49)38-33-28-22-20-17-15-13-12-14-16-19-21-26-31-36-43(3)4/h43-45H,6-42H2,1-5H3/t44?,45-/m0/s1. The Bertz CT molecular complexity index is 826. The molecule has 0 aliphatic carbocycles. The van der Waals surface area contributed by atoms with Crippen molar-refractivity contribution < 1.29 is 28.6 Å². The number of ether oxygens (including phenoxy) is 3. The summed E-state index contributed by atoms with van der Waals surface area (Å²) in [6.45, 7) is 11.3. The average Bonchev–Trinajstić information content (AvgIpc) is 3.15. The number of rotatable bonds is 42. The van der Waals surface area contributed by atoms with Gasteiger partial charge in [0.25, 0.3) is 0 Å². The van der Waals surface area contributed by atoms with E-state index in [0.29, 0.717) is 19.3 Å². The first-order chi connectivity index (χ1) is 26.3. The molecule has 0 amide bonds. The molecule has 6 heteroatoms. The lowest BCUT2D eigenvalue weighted by Gasteiger charge is -2.18. The fraction of sp³-hybridized carbons (Fsp3) is 0.938. The Hall–Kier alpha value is -1.59. The third-order valence-electron chi connectivity index (χ3n) is 11.1. The first-order valence-corrected chi connectivity index (χ1v) is 23.8. The van der Waals surface area contributed by atoms with Crippen LogP contribution in [0.5, 0.6) is 0 Å². The van der Waals surface area contributed by atoms with Gasteiger partial charge < -0.3 is 14.2 Å². The Labute approximate surface area is 336 Å². The van der Waals surface area contributed by atoms with E-state index in [-0.39, 0.29) is 31.1 Å². The van der Waals surface area contributed by atoms with Crippen LogP contribution in [-0.4, -0.2) is 37.2 Å². The molecule has 0 heterocycles. The summed E-state index contributed by atoms with van der Waals surface area (Å²) in [7, 11) is 0. The fourth-order valence-electron chi connectivity index (χ4n) is 7.07. The first kappa shape index (κ1) is 52.4. The molecule has 54 heavy (non-hydrogen) atoms. The van der Waals surface area contributed by atoms with Gasteiger partial charge in [0.2, 0.25) is 0 Å². The minimum atomic E-state index is -0.760. The molecule has 0 fully saturated rings. The number of hydrogen-bond donors (Lipinski definition) is 0. The summed E-state index contributed by atoms with van der Waals surface area (Å²) in [4.78, 5) is 37.7. The van der Waals surface area contributed by atoms with Crippen molar-refractivity contribution in [1.29, 1.82) is 0 Å². The van der Waals surface area contributed by atoms with E-state index in [1.165, 1.54) is 148 Å². The van der Waals surface area contributed by atoms with Gasteiger partial charge in [0.15, 0.2) is 6.10 Å². The molecule has 0 saturated heterocycles. The number of unbranched alkanes of at least 4 members (excludes halogenated alkanes) is 26. The van der Waals surface area contributed by atoms with Gasteiger partial charge in [-0.2, -0.15) is 0 Å². The topological polar surface area (TPSA) is 78.9 Å². The average molecular weight is 765 g/mol. The smallest absolute Gasteiger partial charge is 0.306 e. The quantitative estimate of drug-likeness (QED) is 0.0350. The van der Waals surface area contributed by atoms with Gasteiger partial charge in [-0.3, -0.25) is 14.4 Å². The van der Waals surface area contributed by atoms with Crippen LogP contribution in [0.4, 0.5) is 0 Å². The van der Waals surface area contributed by atoms with Gasteiger partial charge in [0.05, 0.1) is 0 Å². The van der Waals surface area contributed by atoms with E-state index in [1.54, 1.807) is 0 Å². The van der Waals surface area contributed by atoms with E-state index < -0.39 is 6.10 Å². The molecular formula is C48H92O6. The molecule has 0 rings (SSSR count). The van der Waals surface area contributed by atoms with Crippen molar-refractivity contribution in [3.8, 4) is 0 Å². The van der Waals surface area contributed by atoms with Crippen molar-refractivity contribution in [2.75, 3.05) is 13.2 Å². The molecule has 0 saturated carbocycles. The van der Waals surface area contributed by atoms with Gasteiger partial charge in [-0.05, 0) is 31.1 Å². The van der Waals surface area contributed by atoms with Crippen LogP contribution in [0.3, 0.4) is 0 Å². The van der Waals surface area contributed by atoms with Crippen molar-refractivity contribution in [2.24, 2.45) is 11.8 Å². The van der Waals surface area contributed by atoms with Crippen LogP contribution in [0.2, 0.25) is 0 Å². The van der Waals surface area contributed by atoms with Crippen LogP contribution < -0.4 is 0 Å². The molecule has 1 unspecified atom stereocenters. The molecule has 0 spiro atoms. The third-order valence-corrected chi connectivity index (χ3v) is 11.1. The highest BCUT2D eigenvalue weighted by Crippen LogP contribution is 2.17. The maximum Gasteiger partial charge on any atom is 0.306 e. The van der Waals surface area contributed by atoms with Gasteiger partial charge in [0, 0.05) is 19.3 Å². The molecular weight excluding hydrogens is 673 g/mol. The Morgan fingerprint density at radius 2 is 0.704 bits per heavy atom. The minimum absolute atomic E-state index is 0.0651. The zero-order valence-corrected chi connectivity index (χ0v) is 36.8. The number of carbonyl (C=O) groups is 3. The van der Waals surface area contributed by atoms with Gasteiger partial charge in [0.1, 0.15) is 13.2 Å². The molecule has 0 bridgehead atoms. The number of esters is 3. The van der Waals surface area contributed by atoms with Crippen molar-refractivity contribution in [3.63, 3.8) is 0 Å². The number of carbonyl (C=O) groups excluding carboxylic acids is 3. The zero-order chi connectivity index (χ0) is 39.7. The van der Waals surface area contributed by atoms with Crippen molar-refractivity contribution in [1.82, 2.24) is 0 Å². The van der Waals surface area contributed by atoms with Crippen LogP contribution in [0, 0.1) is 11.8 Å². The summed E-state index contributed by atoms with van der Waals surface area (Å²) in [5, 5.41) is 0. The monoisotopic (exact) mass is 765 g/mol. The van der Waals surface area contributed by atoms with Crippen molar-refractivity contribution >= 4 is 17.9 Å². The van der Waals surface area contributed by atoms with E-state index in [0.717, 1.165) is 69.6 Å². The molecule has 320 valence electrons. The highest BCUT2D eigenvalue weighted by atomic mass is 16.6. The second-order valence-electron chi connectivity index (χ2n) is 17.1. The van der Waals surface area contributed by atoms with Gasteiger partial charge >= 0.3 is 17.9 Å². The normalized spacial score (nSPS) is 12.6. The van der Waals surface area contributed by atoms with Crippen LogP contribution in [0.25, 0.3) is 0 Å². The van der Waals surface area contributed by atoms with Crippen LogP contribution in [-0.2, 0) is 28.6 Å². The van der Waals surface area contributed by atoms with E-state index in [4.69, 9.17) is 14.2 Å². The summed E-state index contributed by atoms with van der Waals surface area (Å²) in [5.74, 6) is 0.800. The molecule has 0 aromatic rings. The highest BCUT2D eigenvalue weighted by molar-refractivity contribution is 5.71. The van der Waals surface area contributed by atoms with E-state index in [2.05, 4.69) is 34.6 Å². The van der Waals surface area contributed by atoms with E-state index >= 15 is 0 Å². The lowest BCUT2D eigenvalue weighted by molar-refractivity contribution is -0.167. The summed E-state index contributed by atoms with van der Waals surface area (Å²) >= 11 is 0. The van der Waals surface area contributed by atoms with Crippen LogP contribution in [0.15, 0.2) is 0 Å². The molecule has 2 atom stereocenters. The zero-order valence-electron chi connectivity index (χ0n) is 36.8. The molecule has 0 aliphatic rings. The van der Waals surface area contributed by atoms with Crippen LogP contribution >= 0.6 is 0 Å². The SMILES string of the molecule is CCCCCCCCCCCC(=O)O[C@@H](COC(=O)CCCCCCCCCCCCCCCCC(C)C)COC(=O)CCCCCCCCC(C)CC. The summed E-state index contributed by atoms with van der Waals surface area (Å²) in [6.07, 6.45) is 39.5. The Balaban J connectivity index is 4.24. The van der Waals surface area contributed by atoms with Crippen molar-refractivity contribution in [3.05, 3.63) is 0 Å². The summed E-state index contributed by atoms with van der Waals surface area (Å²) in [6, 6.07) is 0. The van der Waals surface area contributed by atoms with E-state index in [9.17, 15) is 14.4 Å². The van der Waals surface area contributed by atoms with Gasteiger partial charge in [-0.1, -0.05) is 221 Å². The maximum atomic E-state index is 12.7. The van der Waals surface area contributed by atoms with Crippen LogP contribution in [0.1, 0.15) is 259 Å². The molecule has 0 aliphatic heterocycles. The lowest BCUT2D eigenvalue weighted by atomic mass is 10.00. The van der Waals surface area contributed by atoms with Gasteiger partial charge in [-0.15, -0.1) is 0 Å². The Morgan fingerprint density at radius 1 is 0.389 bits per heavy atom. The van der Waals surface area contributed by atoms with E-state index in [1.807, 2.05) is 0 Å². The second kappa shape index (κ2) is 41.1.